The zero-order valence-electron chi connectivity index (χ0n) is 6.40. The Balaban J connectivity index is 3.06. The first-order valence-electron chi connectivity index (χ1n) is 3.48. The fourth-order valence-corrected chi connectivity index (χ4v) is 2.08. The van der Waals surface area contributed by atoms with E-state index in [9.17, 15) is 0 Å². The molecular formula is C9H10Br2. The van der Waals surface area contributed by atoms with Crippen LogP contribution in [0.15, 0.2) is 18.2 Å². The van der Waals surface area contributed by atoms with Gasteiger partial charge < -0.3 is 0 Å². The fraction of sp³-hybridized carbons (Fsp3) is 0.333. The molecule has 0 aliphatic rings. The van der Waals surface area contributed by atoms with E-state index in [1.165, 1.54) is 16.7 Å². The lowest BCUT2D eigenvalue weighted by atomic mass is 10.1. The summed E-state index contributed by atoms with van der Waals surface area (Å²) < 4.78 is 0. The highest BCUT2D eigenvalue weighted by Gasteiger charge is 1.98. The molecule has 0 aromatic heterocycles. The summed E-state index contributed by atoms with van der Waals surface area (Å²) in [4.78, 5) is 0. The molecule has 0 aliphatic carbocycles. The second-order valence-corrected chi connectivity index (χ2v) is 3.66. The minimum atomic E-state index is 0.939. The van der Waals surface area contributed by atoms with Gasteiger partial charge in [0.2, 0.25) is 0 Å². The van der Waals surface area contributed by atoms with E-state index in [1.54, 1.807) is 0 Å². The summed E-state index contributed by atoms with van der Waals surface area (Å²) in [5.41, 5.74) is 4.07. The Morgan fingerprint density at radius 1 is 1.09 bits per heavy atom. The van der Waals surface area contributed by atoms with Crippen LogP contribution in [-0.2, 0) is 10.7 Å². The summed E-state index contributed by atoms with van der Waals surface area (Å²) in [6, 6.07) is 6.52. The van der Waals surface area contributed by atoms with Gasteiger partial charge in [0.1, 0.15) is 0 Å². The average Bonchev–Trinajstić information content (AvgIpc) is 2.04. The van der Waals surface area contributed by atoms with Crippen LogP contribution in [0.25, 0.3) is 0 Å². The van der Waals surface area contributed by atoms with Crippen molar-refractivity contribution in [2.24, 2.45) is 0 Å². The van der Waals surface area contributed by atoms with Crippen molar-refractivity contribution in [1.29, 1.82) is 0 Å². The number of hydrogen-bond donors (Lipinski definition) is 0. The van der Waals surface area contributed by atoms with Crippen molar-refractivity contribution in [3.63, 3.8) is 0 Å². The van der Waals surface area contributed by atoms with Crippen molar-refractivity contribution >= 4 is 31.9 Å². The standard InChI is InChI=1S/C9H10Br2/c1-7-2-3-8(5-10)9(4-7)6-11/h2-4H,5-6H2,1H3. The molecule has 0 radical (unpaired) electrons. The first-order valence-corrected chi connectivity index (χ1v) is 5.72. The van der Waals surface area contributed by atoms with E-state index >= 15 is 0 Å². The monoisotopic (exact) mass is 276 g/mol. The molecule has 0 heterocycles. The van der Waals surface area contributed by atoms with Crippen LogP contribution in [0.4, 0.5) is 0 Å². The van der Waals surface area contributed by atoms with E-state index in [1.807, 2.05) is 0 Å². The van der Waals surface area contributed by atoms with Crippen LogP contribution in [0.3, 0.4) is 0 Å². The van der Waals surface area contributed by atoms with E-state index in [2.05, 4.69) is 57.0 Å². The topological polar surface area (TPSA) is 0 Å². The Morgan fingerprint density at radius 3 is 2.27 bits per heavy atom. The van der Waals surface area contributed by atoms with Gasteiger partial charge in [0.15, 0.2) is 0 Å². The van der Waals surface area contributed by atoms with E-state index in [4.69, 9.17) is 0 Å². The molecule has 0 nitrogen and oxygen atoms in total. The number of benzene rings is 1. The second kappa shape index (κ2) is 4.27. The molecule has 0 N–H and O–H groups in total. The quantitative estimate of drug-likeness (QED) is 0.722. The zero-order chi connectivity index (χ0) is 8.27. The van der Waals surface area contributed by atoms with Gasteiger partial charge in [-0.2, -0.15) is 0 Å². The fourth-order valence-electron chi connectivity index (χ4n) is 1.01. The Labute approximate surface area is 84.3 Å². The van der Waals surface area contributed by atoms with Crippen LogP contribution >= 0.6 is 31.9 Å². The summed E-state index contributed by atoms with van der Waals surface area (Å²) in [6.07, 6.45) is 0. The second-order valence-electron chi connectivity index (χ2n) is 2.54. The Kier molecular flexibility index (Phi) is 3.60. The summed E-state index contributed by atoms with van der Waals surface area (Å²) in [5, 5.41) is 1.88. The summed E-state index contributed by atoms with van der Waals surface area (Å²) >= 11 is 6.92. The molecule has 0 unspecified atom stereocenters. The van der Waals surface area contributed by atoms with Gasteiger partial charge in [-0.15, -0.1) is 0 Å². The summed E-state index contributed by atoms with van der Waals surface area (Å²) in [5.74, 6) is 0. The van der Waals surface area contributed by atoms with Crippen LogP contribution < -0.4 is 0 Å². The third-order valence-corrected chi connectivity index (χ3v) is 2.86. The highest BCUT2D eigenvalue weighted by Crippen LogP contribution is 2.17. The SMILES string of the molecule is Cc1ccc(CBr)c(CBr)c1. The zero-order valence-corrected chi connectivity index (χ0v) is 9.57. The van der Waals surface area contributed by atoms with Crippen LogP contribution in [0, 0.1) is 6.92 Å². The number of rotatable bonds is 2. The lowest BCUT2D eigenvalue weighted by molar-refractivity contribution is 1.27. The molecule has 0 saturated heterocycles. The molecule has 1 aromatic carbocycles. The molecule has 0 amide bonds. The molecular weight excluding hydrogens is 268 g/mol. The molecule has 11 heavy (non-hydrogen) atoms. The lowest BCUT2D eigenvalue weighted by Gasteiger charge is -2.04. The van der Waals surface area contributed by atoms with Gasteiger partial charge in [-0.25, -0.2) is 0 Å². The molecule has 1 rings (SSSR count). The van der Waals surface area contributed by atoms with E-state index in [-0.39, 0.29) is 0 Å². The lowest BCUT2D eigenvalue weighted by Crippen LogP contribution is -1.87. The number of halogens is 2. The molecule has 0 fully saturated rings. The number of hydrogen-bond acceptors (Lipinski definition) is 0. The van der Waals surface area contributed by atoms with Crippen LogP contribution in [-0.4, -0.2) is 0 Å². The van der Waals surface area contributed by atoms with Gasteiger partial charge >= 0.3 is 0 Å². The molecule has 0 atom stereocenters. The smallest absolute Gasteiger partial charge is 0.0286 e. The van der Waals surface area contributed by atoms with Crippen molar-refractivity contribution in [2.45, 2.75) is 17.6 Å². The van der Waals surface area contributed by atoms with Crippen molar-refractivity contribution in [2.75, 3.05) is 0 Å². The van der Waals surface area contributed by atoms with E-state index in [0.29, 0.717) is 0 Å². The largest absolute Gasteiger partial charge is 0.0876 e. The van der Waals surface area contributed by atoms with Gasteiger partial charge in [0, 0.05) is 10.7 Å². The van der Waals surface area contributed by atoms with Crippen molar-refractivity contribution < 1.29 is 0 Å². The molecule has 0 saturated carbocycles. The first kappa shape index (κ1) is 9.27. The summed E-state index contributed by atoms with van der Waals surface area (Å²) in [7, 11) is 0. The molecule has 0 bridgehead atoms. The van der Waals surface area contributed by atoms with Gasteiger partial charge in [0.05, 0.1) is 0 Å². The average molecular weight is 278 g/mol. The maximum atomic E-state index is 3.46. The maximum Gasteiger partial charge on any atom is 0.0286 e. The normalized spacial score (nSPS) is 10.1. The molecule has 1 aromatic rings. The molecule has 2 heteroatoms. The Hall–Kier alpha value is 0.180. The van der Waals surface area contributed by atoms with Gasteiger partial charge in [0.25, 0.3) is 0 Å². The highest BCUT2D eigenvalue weighted by atomic mass is 79.9. The van der Waals surface area contributed by atoms with E-state index in [0.717, 1.165) is 10.7 Å². The van der Waals surface area contributed by atoms with Crippen molar-refractivity contribution in [3.05, 3.63) is 34.9 Å². The summed E-state index contributed by atoms with van der Waals surface area (Å²) in [6.45, 7) is 2.12. The Morgan fingerprint density at radius 2 is 1.73 bits per heavy atom. The third-order valence-electron chi connectivity index (χ3n) is 1.65. The first-order chi connectivity index (χ1) is 5.27. The minimum Gasteiger partial charge on any atom is -0.0876 e. The van der Waals surface area contributed by atoms with Gasteiger partial charge in [-0.3, -0.25) is 0 Å². The van der Waals surface area contributed by atoms with Crippen molar-refractivity contribution in [1.82, 2.24) is 0 Å². The molecule has 0 aliphatic heterocycles. The minimum absolute atomic E-state index is 0.939. The number of alkyl halides is 2. The van der Waals surface area contributed by atoms with Gasteiger partial charge in [-0.1, -0.05) is 55.6 Å². The van der Waals surface area contributed by atoms with Crippen LogP contribution in [0.1, 0.15) is 16.7 Å². The van der Waals surface area contributed by atoms with Crippen LogP contribution in [0.2, 0.25) is 0 Å². The predicted octanol–water partition coefficient (Wildman–Crippen LogP) is 3.78. The maximum absolute atomic E-state index is 3.46. The Bertz CT molecular complexity index is 243. The predicted molar refractivity (Wildman–Crippen MR) is 56.4 cm³/mol. The highest BCUT2D eigenvalue weighted by molar-refractivity contribution is 9.09. The molecule has 60 valence electrons. The van der Waals surface area contributed by atoms with Gasteiger partial charge in [-0.05, 0) is 18.1 Å². The number of aryl methyl sites for hydroxylation is 1. The van der Waals surface area contributed by atoms with Crippen LogP contribution in [0.5, 0.6) is 0 Å². The van der Waals surface area contributed by atoms with E-state index < -0.39 is 0 Å². The third kappa shape index (κ3) is 2.31. The molecule has 0 spiro atoms. The van der Waals surface area contributed by atoms with Crippen molar-refractivity contribution in [3.8, 4) is 0 Å².